The van der Waals surface area contributed by atoms with Crippen molar-refractivity contribution in [1.82, 2.24) is 5.32 Å². The average Bonchev–Trinajstić information content (AvgIpc) is 2.51. The lowest BCUT2D eigenvalue weighted by Gasteiger charge is -2.11. The summed E-state index contributed by atoms with van der Waals surface area (Å²) in [4.78, 5) is 11.9. The van der Waals surface area contributed by atoms with Crippen molar-refractivity contribution in [2.24, 2.45) is 0 Å². The highest BCUT2D eigenvalue weighted by Gasteiger charge is 2.07. The molecule has 2 aromatic carbocycles. The number of aryl methyl sites for hydroxylation is 1. The number of rotatable bonds is 6. The van der Waals surface area contributed by atoms with Crippen molar-refractivity contribution in [3.05, 3.63) is 58.1 Å². The van der Waals surface area contributed by atoms with Crippen LogP contribution in [-0.4, -0.2) is 19.6 Å². The van der Waals surface area contributed by atoms with Gasteiger partial charge in [0.2, 0.25) is 0 Å². The lowest BCUT2D eigenvalue weighted by Crippen LogP contribution is -2.28. The molecule has 2 rings (SSSR count). The second-order valence-corrected chi connectivity index (χ2v) is 5.77. The highest BCUT2D eigenvalue weighted by molar-refractivity contribution is 9.10. The number of halogens is 1. The minimum atomic E-state index is -0.178. The smallest absolute Gasteiger partial charge is 0.258 e. The number of hydrogen-bond acceptors (Lipinski definition) is 3. The number of amides is 1. The molecule has 0 aromatic heterocycles. The van der Waals surface area contributed by atoms with Gasteiger partial charge in [-0.1, -0.05) is 34.1 Å². The van der Waals surface area contributed by atoms with Gasteiger partial charge in [-0.05, 0) is 42.3 Å². The van der Waals surface area contributed by atoms with E-state index in [1.807, 2.05) is 43.3 Å². The molecule has 0 aliphatic rings. The molecule has 1 N–H and O–H groups in total. The molecule has 116 valence electrons. The zero-order chi connectivity index (χ0) is 15.9. The molecule has 0 aliphatic carbocycles. The number of carbonyl (C=O) groups is 1. The summed E-state index contributed by atoms with van der Waals surface area (Å²) < 4.78 is 11.7. The molecule has 0 bridgehead atoms. The Hall–Kier alpha value is -2.01. The molecule has 22 heavy (non-hydrogen) atoms. The van der Waals surface area contributed by atoms with E-state index in [4.69, 9.17) is 9.47 Å². The summed E-state index contributed by atoms with van der Waals surface area (Å²) in [6.07, 6.45) is 0. The average molecular weight is 364 g/mol. The Bertz CT molecular complexity index is 658. The largest absolute Gasteiger partial charge is 0.493 e. The van der Waals surface area contributed by atoms with Gasteiger partial charge in [-0.25, -0.2) is 0 Å². The second kappa shape index (κ2) is 7.84. The van der Waals surface area contributed by atoms with Crippen molar-refractivity contribution in [3.63, 3.8) is 0 Å². The zero-order valence-corrected chi connectivity index (χ0v) is 14.1. The molecule has 1 amide bonds. The summed E-state index contributed by atoms with van der Waals surface area (Å²) in [7, 11) is 1.58. The van der Waals surface area contributed by atoms with Crippen LogP contribution in [0, 0.1) is 6.92 Å². The Balaban J connectivity index is 1.85. The Morgan fingerprint density at radius 1 is 1.18 bits per heavy atom. The Morgan fingerprint density at radius 3 is 2.73 bits per heavy atom. The van der Waals surface area contributed by atoms with Crippen molar-refractivity contribution in [1.29, 1.82) is 0 Å². The first kappa shape index (κ1) is 16.4. The van der Waals surface area contributed by atoms with Crippen LogP contribution in [0.15, 0.2) is 46.9 Å². The first-order valence-corrected chi connectivity index (χ1v) is 7.66. The number of benzene rings is 2. The molecule has 2 aromatic rings. The lowest BCUT2D eigenvalue weighted by atomic mass is 10.2. The lowest BCUT2D eigenvalue weighted by molar-refractivity contribution is -0.123. The van der Waals surface area contributed by atoms with E-state index in [9.17, 15) is 4.79 Å². The van der Waals surface area contributed by atoms with E-state index >= 15 is 0 Å². The van der Waals surface area contributed by atoms with Crippen LogP contribution in [0.3, 0.4) is 0 Å². The fourth-order valence-corrected chi connectivity index (χ4v) is 2.38. The molecule has 0 atom stereocenters. The maximum absolute atomic E-state index is 11.9. The molecule has 0 unspecified atom stereocenters. The van der Waals surface area contributed by atoms with Crippen LogP contribution < -0.4 is 14.8 Å². The number of carbonyl (C=O) groups excluding carboxylic acids is 1. The van der Waals surface area contributed by atoms with Crippen LogP contribution in [0.4, 0.5) is 0 Å². The van der Waals surface area contributed by atoms with Crippen molar-refractivity contribution in [3.8, 4) is 11.5 Å². The summed E-state index contributed by atoms with van der Waals surface area (Å²) in [5.41, 5.74) is 2.10. The van der Waals surface area contributed by atoms with Crippen LogP contribution >= 0.6 is 15.9 Å². The fourth-order valence-electron chi connectivity index (χ4n) is 1.94. The van der Waals surface area contributed by atoms with E-state index in [1.165, 1.54) is 0 Å². The van der Waals surface area contributed by atoms with E-state index in [-0.39, 0.29) is 12.5 Å². The van der Waals surface area contributed by atoms with Crippen LogP contribution in [0.2, 0.25) is 0 Å². The highest BCUT2D eigenvalue weighted by atomic mass is 79.9. The van der Waals surface area contributed by atoms with Crippen molar-refractivity contribution in [2.45, 2.75) is 13.5 Å². The molecule has 0 heterocycles. The standard InChI is InChI=1S/C17H18BrNO3/c1-12-6-7-15(16(8-12)21-2)22-11-17(20)19-10-13-4-3-5-14(18)9-13/h3-9H,10-11H2,1-2H3,(H,19,20). The number of methoxy groups -OCH3 is 1. The first-order valence-electron chi connectivity index (χ1n) is 6.87. The molecule has 0 saturated heterocycles. The van der Waals surface area contributed by atoms with Gasteiger partial charge in [0.1, 0.15) is 0 Å². The quantitative estimate of drug-likeness (QED) is 0.854. The molecular formula is C17H18BrNO3. The van der Waals surface area contributed by atoms with E-state index in [0.29, 0.717) is 18.0 Å². The SMILES string of the molecule is COc1cc(C)ccc1OCC(=O)NCc1cccc(Br)c1. The van der Waals surface area contributed by atoms with E-state index < -0.39 is 0 Å². The third kappa shape index (κ3) is 4.77. The molecular weight excluding hydrogens is 346 g/mol. The van der Waals surface area contributed by atoms with E-state index in [0.717, 1.165) is 15.6 Å². The summed E-state index contributed by atoms with van der Waals surface area (Å²) in [5, 5.41) is 2.82. The first-order chi connectivity index (χ1) is 10.6. The van der Waals surface area contributed by atoms with Gasteiger partial charge in [0.05, 0.1) is 7.11 Å². The predicted octanol–water partition coefficient (Wildman–Crippen LogP) is 3.46. The Morgan fingerprint density at radius 2 is 2.00 bits per heavy atom. The summed E-state index contributed by atoms with van der Waals surface area (Å²) in [6.45, 7) is 2.39. The number of ether oxygens (including phenoxy) is 2. The van der Waals surface area contributed by atoms with Gasteiger partial charge in [-0.2, -0.15) is 0 Å². The minimum absolute atomic E-state index is 0.0482. The van der Waals surface area contributed by atoms with Gasteiger partial charge in [0, 0.05) is 11.0 Å². The molecule has 5 heteroatoms. The van der Waals surface area contributed by atoms with Crippen molar-refractivity contribution in [2.75, 3.05) is 13.7 Å². The zero-order valence-electron chi connectivity index (χ0n) is 12.6. The number of nitrogens with one attached hydrogen (secondary N) is 1. The van der Waals surface area contributed by atoms with E-state index in [1.54, 1.807) is 13.2 Å². The third-order valence-electron chi connectivity index (χ3n) is 3.06. The summed E-state index contributed by atoms with van der Waals surface area (Å²) in [6, 6.07) is 13.4. The van der Waals surface area contributed by atoms with Crippen LogP contribution in [0.25, 0.3) is 0 Å². The maximum Gasteiger partial charge on any atom is 0.258 e. The van der Waals surface area contributed by atoms with Gasteiger partial charge < -0.3 is 14.8 Å². The molecule has 0 saturated carbocycles. The maximum atomic E-state index is 11.9. The molecule has 0 fully saturated rings. The summed E-state index contributed by atoms with van der Waals surface area (Å²) >= 11 is 3.40. The number of hydrogen-bond donors (Lipinski definition) is 1. The monoisotopic (exact) mass is 363 g/mol. The predicted molar refractivity (Wildman–Crippen MR) is 89.2 cm³/mol. The topological polar surface area (TPSA) is 47.6 Å². The van der Waals surface area contributed by atoms with Crippen LogP contribution in [-0.2, 0) is 11.3 Å². The molecule has 0 radical (unpaired) electrons. The second-order valence-electron chi connectivity index (χ2n) is 4.85. The normalized spacial score (nSPS) is 10.1. The highest BCUT2D eigenvalue weighted by Crippen LogP contribution is 2.27. The van der Waals surface area contributed by atoms with Gasteiger partial charge in [-0.3, -0.25) is 4.79 Å². The van der Waals surface area contributed by atoms with Crippen molar-refractivity contribution >= 4 is 21.8 Å². The minimum Gasteiger partial charge on any atom is -0.493 e. The van der Waals surface area contributed by atoms with Crippen molar-refractivity contribution < 1.29 is 14.3 Å². The Labute approximate surface area is 138 Å². The van der Waals surface area contributed by atoms with Gasteiger partial charge in [-0.15, -0.1) is 0 Å². The van der Waals surface area contributed by atoms with Crippen LogP contribution in [0.5, 0.6) is 11.5 Å². The van der Waals surface area contributed by atoms with Crippen LogP contribution in [0.1, 0.15) is 11.1 Å². The summed E-state index contributed by atoms with van der Waals surface area (Å²) in [5.74, 6) is 1.01. The Kier molecular flexibility index (Phi) is 5.83. The van der Waals surface area contributed by atoms with Gasteiger partial charge in [0.25, 0.3) is 5.91 Å². The van der Waals surface area contributed by atoms with Gasteiger partial charge in [0.15, 0.2) is 18.1 Å². The van der Waals surface area contributed by atoms with Gasteiger partial charge >= 0.3 is 0 Å². The third-order valence-corrected chi connectivity index (χ3v) is 3.55. The molecule has 0 spiro atoms. The molecule has 4 nitrogen and oxygen atoms in total. The fraction of sp³-hybridized carbons (Fsp3) is 0.235. The molecule has 0 aliphatic heterocycles. The van der Waals surface area contributed by atoms with E-state index in [2.05, 4.69) is 21.2 Å².